The summed E-state index contributed by atoms with van der Waals surface area (Å²) >= 11 is 0. The van der Waals surface area contributed by atoms with Crippen LogP contribution in [0.15, 0.2) is 0 Å². The summed E-state index contributed by atoms with van der Waals surface area (Å²) in [4.78, 5) is 0. The molecule has 0 amide bonds. The summed E-state index contributed by atoms with van der Waals surface area (Å²) in [6.45, 7) is 1.83. The lowest BCUT2D eigenvalue weighted by molar-refractivity contribution is 0.269. The number of halogens is 12. The minimum Gasteiger partial charge on any atom is -0.486 e. The molecule has 0 spiro atoms. The fraction of sp³-hybridized carbons (Fsp3) is 0.143. The monoisotopic (exact) mass is 548 g/mol. The number of rotatable bonds is 6. The summed E-state index contributed by atoms with van der Waals surface area (Å²) < 4.78 is 180. The smallest absolute Gasteiger partial charge is 0.486 e. The maximum atomic E-state index is 14.3. The van der Waals surface area contributed by atoms with Gasteiger partial charge in [0.15, 0.2) is 52.2 Å². The van der Waals surface area contributed by atoms with Crippen molar-refractivity contribution in [3.8, 4) is 17.2 Å². The predicted octanol–water partition coefficient (Wildman–Crippen LogP) is 6.80. The fourth-order valence-corrected chi connectivity index (χ4v) is 2.95. The van der Waals surface area contributed by atoms with E-state index < -0.39 is 111 Å². The molecule has 0 aliphatic heterocycles. The highest BCUT2D eigenvalue weighted by Gasteiger charge is 2.40. The van der Waals surface area contributed by atoms with E-state index in [4.69, 9.17) is 0 Å². The molecule has 37 heavy (non-hydrogen) atoms. The van der Waals surface area contributed by atoms with Crippen LogP contribution in [0.3, 0.4) is 0 Å². The van der Waals surface area contributed by atoms with E-state index in [9.17, 15) is 52.7 Å². The molecule has 0 N–H and O–H groups in total. The largest absolute Gasteiger partial charge is 0.864 e. The van der Waals surface area contributed by atoms with Crippen LogP contribution in [0.2, 0.25) is 0 Å². The third-order valence-corrected chi connectivity index (χ3v) is 4.98. The number of hydrogen-bond acceptors (Lipinski definition) is 3. The summed E-state index contributed by atoms with van der Waals surface area (Å²) in [5, 5.41) is 0. The van der Waals surface area contributed by atoms with Gasteiger partial charge < -0.3 is 14.0 Å². The number of hydrogen-bond donors (Lipinski definition) is 0. The van der Waals surface area contributed by atoms with E-state index in [1.54, 1.807) is 0 Å². The van der Waals surface area contributed by atoms with Gasteiger partial charge in [0.05, 0.1) is 0 Å². The number of benzene rings is 3. The van der Waals surface area contributed by atoms with Gasteiger partial charge in [-0.25, -0.2) is 39.5 Å². The van der Waals surface area contributed by atoms with Crippen molar-refractivity contribution >= 4 is 7.32 Å². The van der Waals surface area contributed by atoms with E-state index >= 15 is 0 Å². The van der Waals surface area contributed by atoms with Crippen LogP contribution in [-0.4, -0.2) is 7.32 Å². The van der Waals surface area contributed by atoms with Crippen LogP contribution < -0.4 is 14.0 Å². The van der Waals surface area contributed by atoms with E-state index in [1.165, 1.54) is 0 Å². The first-order valence-corrected chi connectivity index (χ1v) is 9.59. The Morgan fingerprint density at radius 2 is 0.514 bits per heavy atom. The third kappa shape index (κ3) is 4.59. The Hall–Kier alpha value is -3.72. The van der Waals surface area contributed by atoms with Crippen LogP contribution in [0, 0.1) is 90.6 Å². The Morgan fingerprint density at radius 3 is 0.730 bits per heavy atom. The standard InChI is InChI=1S/C21H9BF12O3/c1-4-7(23)10(26)13(29)16(32)19(4)35-22(36-20-5(2)8(24)11(27)14(30)17(20)33)37-21-6(3)9(25)12(28)15(31)18(21)34/h1-3H3. The van der Waals surface area contributed by atoms with Crippen molar-refractivity contribution in [2.45, 2.75) is 20.8 Å². The molecule has 0 heterocycles. The van der Waals surface area contributed by atoms with Gasteiger partial charge in [0.1, 0.15) is 0 Å². The second-order valence-corrected chi connectivity index (χ2v) is 7.27. The molecular weight excluding hydrogens is 539 g/mol. The van der Waals surface area contributed by atoms with Crippen LogP contribution in [0.25, 0.3) is 0 Å². The molecule has 3 rings (SSSR count). The summed E-state index contributed by atoms with van der Waals surface area (Å²) in [5.74, 6) is -32.0. The fourth-order valence-electron chi connectivity index (χ4n) is 2.95. The average molecular weight is 548 g/mol. The Kier molecular flexibility index (Phi) is 7.51. The lowest BCUT2D eigenvalue weighted by Gasteiger charge is -2.21. The Bertz CT molecular complexity index is 1170. The molecule has 0 aliphatic carbocycles. The van der Waals surface area contributed by atoms with Gasteiger partial charge in [-0.05, 0) is 20.8 Å². The SMILES string of the molecule is Cc1c(F)c(F)c(F)c(F)c1OB(Oc1c(C)c(F)c(F)c(F)c1F)Oc1c(C)c(F)c(F)c(F)c1F. The molecule has 0 unspecified atom stereocenters. The van der Waals surface area contributed by atoms with Gasteiger partial charge >= 0.3 is 7.32 Å². The zero-order valence-electron chi connectivity index (χ0n) is 18.3. The van der Waals surface area contributed by atoms with Crippen molar-refractivity contribution in [3.63, 3.8) is 0 Å². The second kappa shape index (κ2) is 9.97. The first-order chi connectivity index (χ1) is 17.1. The Labute approximate surface area is 199 Å². The van der Waals surface area contributed by atoms with Crippen molar-refractivity contribution in [1.29, 1.82) is 0 Å². The molecule has 3 aromatic carbocycles. The van der Waals surface area contributed by atoms with E-state index in [-0.39, 0.29) is 0 Å². The molecule has 0 radical (unpaired) electrons. The van der Waals surface area contributed by atoms with Crippen molar-refractivity contribution in [2.75, 3.05) is 0 Å². The summed E-state index contributed by atoms with van der Waals surface area (Å²) in [7, 11) is -3.03. The molecule has 0 saturated carbocycles. The summed E-state index contributed by atoms with van der Waals surface area (Å²) in [6.07, 6.45) is 0. The molecule has 0 bridgehead atoms. The van der Waals surface area contributed by atoms with Crippen LogP contribution in [0.1, 0.15) is 16.7 Å². The van der Waals surface area contributed by atoms with Gasteiger partial charge in [-0.1, -0.05) is 0 Å². The Morgan fingerprint density at radius 1 is 0.324 bits per heavy atom. The van der Waals surface area contributed by atoms with Crippen molar-refractivity contribution in [1.82, 2.24) is 0 Å². The normalized spacial score (nSPS) is 11.1. The van der Waals surface area contributed by atoms with Gasteiger partial charge in [0, 0.05) is 16.7 Å². The third-order valence-electron chi connectivity index (χ3n) is 4.98. The zero-order valence-corrected chi connectivity index (χ0v) is 18.3. The molecule has 3 nitrogen and oxygen atoms in total. The first-order valence-electron chi connectivity index (χ1n) is 9.59. The maximum Gasteiger partial charge on any atom is 0.864 e. The molecule has 0 aromatic heterocycles. The van der Waals surface area contributed by atoms with Gasteiger partial charge in [-0.3, -0.25) is 0 Å². The summed E-state index contributed by atoms with van der Waals surface area (Å²) in [6, 6.07) is 0. The topological polar surface area (TPSA) is 27.7 Å². The highest BCUT2D eigenvalue weighted by atomic mass is 19.2. The molecule has 0 fully saturated rings. The lowest BCUT2D eigenvalue weighted by Crippen LogP contribution is -2.39. The van der Waals surface area contributed by atoms with Gasteiger partial charge in [0.2, 0.25) is 34.9 Å². The molecule has 0 aliphatic rings. The first kappa shape index (κ1) is 27.9. The van der Waals surface area contributed by atoms with Crippen LogP contribution in [-0.2, 0) is 0 Å². The van der Waals surface area contributed by atoms with E-state index in [0.717, 1.165) is 0 Å². The lowest BCUT2D eigenvalue weighted by atomic mass is 10.1. The summed E-state index contributed by atoms with van der Waals surface area (Å²) in [5.41, 5.74) is -3.43. The Balaban J connectivity index is 2.22. The molecule has 0 saturated heterocycles. The van der Waals surface area contributed by atoms with Crippen molar-refractivity contribution in [2.24, 2.45) is 0 Å². The van der Waals surface area contributed by atoms with Gasteiger partial charge in [-0.2, -0.15) is 13.2 Å². The molecular formula is C21H9BF12O3. The highest BCUT2D eigenvalue weighted by molar-refractivity contribution is 6.39. The molecule has 0 atom stereocenters. The van der Waals surface area contributed by atoms with Gasteiger partial charge in [-0.15, -0.1) is 0 Å². The molecule has 16 heteroatoms. The highest BCUT2D eigenvalue weighted by Crippen LogP contribution is 2.35. The molecule has 3 aromatic rings. The van der Waals surface area contributed by atoms with Crippen LogP contribution in [0.4, 0.5) is 52.7 Å². The quantitative estimate of drug-likeness (QED) is 0.147. The van der Waals surface area contributed by atoms with Crippen LogP contribution in [0.5, 0.6) is 17.2 Å². The van der Waals surface area contributed by atoms with Crippen LogP contribution >= 0.6 is 0 Å². The van der Waals surface area contributed by atoms with Crippen molar-refractivity contribution < 1.29 is 66.6 Å². The predicted molar refractivity (Wildman–Crippen MR) is 101 cm³/mol. The zero-order chi connectivity index (χ0) is 28.1. The molecule has 198 valence electrons. The minimum atomic E-state index is -3.03. The average Bonchev–Trinajstić information content (AvgIpc) is 2.88. The maximum absolute atomic E-state index is 14.3. The van der Waals surface area contributed by atoms with Crippen molar-refractivity contribution in [3.05, 3.63) is 86.5 Å². The van der Waals surface area contributed by atoms with E-state index in [0.29, 0.717) is 20.8 Å². The second-order valence-electron chi connectivity index (χ2n) is 7.27. The van der Waals surface area contributed by atoms with Gasteiger partial charge in [0.25, 0.3) is 0 Å². The van der Waals surface area contributed by atoms with E-state index in [2.05, 4.69) is 14.0 Å². The minimum absolute atomic E-state index is 0.611. The van der Waals surface area contributed by atoms with E-state index in [1.807, 2.05) is 0 Å².